The Hall–Kier alpha value is -2.25. The summed E-state index contributed by atoms with van der Waals surface area (Å²) in [6.45, 7) is 5.78. The predicted octanol–water partition coefficient (Wildman–Crippen LogP) is 2.05. The van der Waals surface area contributed by atoms with Crippen LogP contribution in [0.4, 0.5) is 4.79 Å². The van der Waals surface area contributed by atoms with Crippen molar-refractivity contribution >= 4 is 6.03 Å². The summed E-state index contributed by atoms with van der Waals surface area (Å²) >= 11 is 0. The molecule has 3 rings (SSSR count). The zero-order valence-corrected chi connectivity index (χ0v) is 13.8. The summed E-state index contributed by atoms with van der Waals surface area (Å²) in [6.07, 6.45) is 1.59. The lowest BCUT2D eigenvalue weighted by molar-refractivity contribution is 0.0121. The molecule has 0 radical (unpaired) electrons. The lowest BCUT2D eigenvalue weighted by Crippen LogP contribution is -2.45. The van der Waals surface area contributed by atoms with Crippen LogP contribution in [-0.2, 0) is 11.3 Å². The van der Waals surface area contributed by atoms with Gasteiger partial charge in [-0.2, -0.15) is 0 Å². The monoisotopic (exact) mass is 333 g/mol. The van der Waals surface area contributed by atoms with Crippen molar-refractivity contribution in [3.8, 4) is 0 Å². The molecule has 24 heavy (non-hydrogen) atoms. The molecule has 2 N–H and O–H groups in total. The van der Waals surface area contributed by atoms with Gasteiger partial charge in [-0.3, -0.25) is 4.90 Å². The molecule has 2 aromatic rings. The van der Waals surface area contributed by atoms with Gasteiger partial charge in [-0.15, -0.1) is 0 Å². The highest BCUT2D eigenvalue weighted by Crippen LogP contribution is 2.23. The molecule has 0 unspecified atom stereocenters. The number of nitrogens with zero attached hydrogens (tertiary/aromatic N) is 1. The fourth-order valence-corrected chi connectivity index (χ4v) is 2.76. The van der Waals surface area contributed by atoms with E-state index < -0.39 is 0 Å². The van der Waals surface area contributed by atoms with E-state index in [0.717, 1.165) is 30.4 Å². The number of rotatable bonds is 6. The van der Waals surface area contributed by atoms with Crippen molar-refractivity contribution in [3.63, 3.8) is 0 Å². The molecule has 2 amide bonds. The molecule has 130 valence electrons. The second kappa shape index (κ2) is 8.03. The molecule has 0 bridgehead atoms. The van der Waals surface area contributed by atoms with Gasteiger partial charge in [0.15, 0.2) is 0 Å². The number of aryl methyl sites for hydroxylation is 1. The van der Waals surface area contributed by atoms with E-state index in [1.54, 1.807) is 12.3 Å². The van der Waals surface area contributed by atoms with Crippen LogP contribution in [0, 0.1) is 6.92 Å². The minimum Gasteiger partial charge on any atom is -0.467 e. The van der Waals surface area contributed by atoms with Gasteiger partial charge in [0.05, 0.1) is 32.1 Å². The molecule has 1 aliphatic rings. The third-order valence-electron chi connectivity index (χ3n) is 4.04. The van der Waals surface area contributed by atoms with Crippen LogP contribution >= 0.6 is 0 Å². The first-order valence-corrected chi connectivity index (χ1v) is 8.14. The average molecular weight is 333 g/mol. The van der Waals surface area contributed by atoms with Gasteiger partial charge in [0.25, 0.3) is 0 Å². The number of furan rings is 2. The lowest BCUT2D eigenvalue weighted by atomic mass is 10.1. The van der Waals surface area contributed by atoms with E-state index in [-0.39, 0.29) is 12.1 Å². The Morgan fingerprint density at radius 3 is 2.75 bits per heavy atom. The van der Waals surface area contributed by atoms with Crippen molar-refractivity contribution in [3.05, 3.63) is 47.8 Å². The maximum Gasteiger partial charge on any atom is 0.315 e. The van der Waals surface area contributed by atoms with Crippen molar-refractivity contribution < 1.29 is 18.4 Å². The van der Waals surface area contributed by atoms with E-state index in [1.165, 1.54) is 0 Å². The molecule has 1 atom stereocenters. The highest BCUT2D eigenvalue weighted by Gasteiger charge is 2.25. The number of carbonyl (C=O) groups excluding carboxylic acids is 1. The number of carbonyl (C=O) groups is 1. The van der Waals surface area contributed by atoms with Gasteiger partial charge >= 0.3 is 6.03 Å². The van der Waals surface area contributed by atoms with Gasteiger partial charge < -0.3 is 24.2 Å². The Balaban J connectivity index is 1.55. The molecular weight excluding hydrogens is 310 g/mol. The number of hydrogen-bond donors (Lipinski definition) is 2. The Labute approximate surface area is 140 Å². The average Bonchev–Trinajstić information content (AvgIpc) is 3.26. The van der Waals surface area contributed by atoms with Crippen LogP contribution in [0.3, 0.4) is 0 Å². The molecule has 0 aromatic carbocycles. The van der Waals surface area contributed by atoms with Crippen LogP contribution in [0.25, 0.3) is 0 Å². The molecule has 7 nitrogen and oxygen atoms in total. The lowest BCUT2D eigenvalue weighted by Gasteiger charge is -2.33. The molecule has 7 heteroatoms. The Morgan fingerprint density at radius 1 is 1.25 bits per heavy atom. The Bertz CT molecular complexity index is 632. The second-order valence-electron chi connectivity index (χ2n) is 5.76. The standard InChI is InChI=1S/C17H23N3O4/c1-13-4-5-16(24-13)15(20-6-9-22-10-7-20)12-19-17(21)18-11-14-3-2-8-23-14/h2-5,8,15H,6-7,9-12H2,1H3,(H2,18,19,21)/t15-/m0/s1. The van der Waals surface area contributed by atoms with Gasteiger partial charge in [0, 0.05) is 19.6 Å². The normalized spacial score (nSPS) is 16.7. The molecule has 1 fully saturated rings. The van der Waals surface area contributed by atoms with Crippen molar-refractivity contribution in [1.82, 2.24) is 15.5 Å². The van der Waals surface area contributed by atoms with Crippen LogP contribution in [0.5, 0.6) is 0 Å². The third-order valence-corrected chi connectivity index (χ3v) is 4.04. The van der Waals surface area contributed by atoms with Crippen LogP contribution in [0.2, 0.25) is 0 Å². The maximum atomic E-state index is 12.0. The quantitative estimate of drug-likeness (QED) is 0.846. The Kier molecular flexibility index (Phi) is 5.55. The molecule has 1 aliphatic heterocycles. The highest BCUT2D eigenvalue weighted by atomic mass is 16.5. The smallest absolute Gasteiger partial charge is 0.315 e. The predicted molar refractivity (Wildman–Crippen MR) is 87.5 cm³/mol. The first-order valence-electron chi connectivity index (χ1n) is 8.14. The van der Waals surface area contributed by atoms with Crippen molar-refractivity contribution in [2.24, 2.45) is 0 Å². The topological polar surface area (TPSA) is 79.9 Å². The largest absolute Gasteiger partial charge is 0.467 e. The number of ether oxygens (including phenoxy) is 1. The number of nitrogens with one attached hydrogen (secondary N) is 2. The molecule has 0 aliphatic carbocycles. The summed E-state index contributed by atoms with van der Waals surface area (Å²) in [4.78, 5) is 14.3. The summed E-state index contributed by atoms with van der Waals surface area (Å²) in [7, 11) is 0. The molecular formula is C17H23N3O4. The Morgan fingerprint density at radius 2 is 2.08 bits per heavy atom. The zero-order valence-electron chi connectivity index (χ0n) is 13.8. The van der Waals surface area contributed by atoms with Gasteiger partial charge in [0.2, 0.25) is 0 Å². The first-order chi connectivity index (χ1) is 11.7. The minimum absolute atomic E-state index is 0.00281. The van der Waals surface area contributed by atoms with Gasteiger partial charge in [-0.1, -0.05) is 0 Å². The van der Waals surface area contributed by atoms with Crippen molar-refractivity contribution in [2.75, 3.05) is 32.8 Å². The number of amides is 2. The van der Waals surface area contributed by atoms with Gasteiger partial charge in [-0.25, -0.2) is 4.79 Å². The van der Waals surface area contributed by atoms with E-state index in [1.807, 2.05) is 25.1 Å². The summed E-state index contributed by atoms with van der Waals surface area (Å²) in [5, 5.41) is 5.70. The molecule has 0 spiro atoms. The van der Waals surface area contributed by atoms with E-state index >= 15 is 0 Å². The van der Waals surface area contributed by atoms with E-state index in [0.29, 0.717) is 26.3 Å². The molecule has 3 heterocycles. The zero-order chi connectivity index (χ0) is 16.8. The van der Waals surface area contributed by atoms with E-state index in [2.05, 4.69) is 15.5 Å². The van der Waals surface area contributed by atoms with Crippen LogP contribution in [0.15, 0.2) is 39.4 Å². The number of urea groups is 1. The molecule has 2 aromatic heterocycles. The molecule has 0 saturated carbocycles. The SMILES string of the molecule is Cc1ccc([C@H](CNC(=O)NCc2ccco2)N2CCOCC2)o1. The van der Waals surface area contributed by atoms with E-state index in [9.17, 15) is 4.79 Å². The second-order valence-corrected chi connectivity index (χ2v) is 5.76. The summed E-state index contributed by atoms with van der Waals surface area (Å²) in [5.74, 6) is 2.45. The maximum absolute atomic E-state index is 12.0. The number of hydrogen-bond acceptors (Lipinski definition) is 5. The summed E-state index contributed by atoms with van der Waals surface area (Å²) < 4.78 is 16.4. The van der Waals surface area contributed by atoms with Crippen LogP contribution < -0.4 is 10.6 Å². The number of morpholine rings is 1. The van der Waals surface area contributed by atoms with Gasteiger partial charge in [-0.05, 0) is 31.2 Å². The van der Waals surface area contributed by atoms with Gasteiger partial charge in [0.1, 0.15) is 17.3 Å². The van der Waals surface area contributed by atoms with Crippen molar-refractivity contribution in [1.29, 1.82) is 0 Å². The van der Waals surface area contributed by atoms with Crippen LogP contribution in [0.1, 0.15) is 23.3 Å². The summed E-state index contributed by atoms with van der Waals surface area (Å²) in [6, 6.07) is 7.30. The third kappa shape index (κ3) is 4.39. The summed E-state index contributed by atoms with van der Waals surface area (Å²) in [5.41, 5.74) is 0. The highest BCUT2D eigenvalue weighted by molar-refractivity contribution is 5.73. The fourth-order valence-electron chi connectivity index (χ4n) is 2.76. The van der Waals surface area contributed by atoms with E-state index in [4.69, 9.17) is 13.6 Å². The first kappa shape index (κ1) is 16.6. The van der Waals surface area contributed by atoms with Crippen molar-refractivity contribution in [2.45, 2.75) is 19.5 Å². The fraction of sp³-hybridized carbons (Fsp3) is 0.471. The molecule has 1 saturated heterocycles. The minimum atomic E-state index is -0.229. The van der Waals surface area contributed by atoms with Crippen LogP contribution in [-0.4, -0.2) is 43.8 Å².